The van der Waals surface area contributed by atoms with Gasteiger partial charge in [-0.05, 0) is 45.2 Å². The number of nitrogens with zero attached hydrogens (tertiary/aromatic N) is 1. The Balaban J connectivity index is 1.93. The largest absolute Gasteiger partial charge is 0.392 e. The topological polar surface area (TPSA) is 98.7 Å². The molecule has 1 aromatic carbocycles. The molecule has 3 amide bonds. The summed E-state index contributed by atoms with van der Waals surface area (Å²) in [5, 5.41) is 16.6. The van der Waals surface area contributed by atoms with E-state index in [2.05, 4.69) is 10.6 Å². The summed E-state index contributed by atoms with van der Waals surface area (Å²) in [6.45, 7) is 9.24. The first-order chi connectivity index (χ1) is 13.2. The van der Waals surface area contributed by atoms with Gasteiger partial charge < -0.3 is 10.4 Å². The lowest BCUT2D eigenvalue weighted by atomic mass is 9.76. The fourth-order valence-electron chi connectivity index (χ4n) is 5.10. The molecule has 0 unspecified atom stereocenters. The number of amides is 3. The average molecular weight is 385 g/mol. The number of hydrogen-bond donors (Lipinski definition) is 3. The van der Waals surface area contributed by atoms with Gasteiger partial charge in [-0.25, -0.2) is 0 Å². The van der Waals surface area contributed by atoms with Crippen LogP contribution in [0.3, 0.4) is 0 Å². The second-order valence-electron chi connectivity index (χ2n) is 8.41. The summed E-state index contributed by atoms with van der Waals surface area (Å²) >= 11 is 0. The summed E-state index contributed by atoms with van der Waals surface area (Å²) < 4.78 is 0. The molecular formula is C21H27N3O4. The van der Waals surface area contributed by atoms with E-state index in [1.165, 1.54) is 4.90 Å². The molecule has 0 aromatic heterocycles. The van der Waals surface area contributed by atoms with E-state index in [1.54, 1.807) is 6.92 Å². The summed E-state index contributed by atoms with van der Waals surface area (Å²) in [5.74, 6) is -2.59. The molecule has 4 rings (SSSR count). The van der Waals surface area contributed by atoms with Crippen LogP contribution in [0.15, 0.2) is 12.1 Å². The molecule has 0 radical (unpaired) electrons. The minimum absolute atomic E-state index is 0.249. The standard InChI is InChI=1S/C21H27N3O4/c1-6-10(3)24-18(26)14-15(19(24)27)21(23-17(14)12(5)25)13-8-7-9(2)11(4)16(13)22-20(21)28/h7-8,10,12,14-15,17,23,25H,6H2,1-5H3,(H,22,28)/t10-,12+,14+,15+,17-,21-/m1/s1. The first-order valence-electron chi connectivity index (χ1n) is 9.91. The van der Waals surface area contributed by atoms with Crippen LogP contribution in [0.2, 0.25) is 0 Å². The smallest absolute Gasteiger partial charge is 0.250 e. The third kappa shape index (κ3) is 2.14. The summed E-state index contributed by atoms with van der Waals surface area (Å²) in [4.78, 5) is 41.2. The zero-order valence-corrected chi connectivity index (χ0v) is 16.9. The number of rotatable bonds is 3. The molecule has 2 fully saturated rings. The number of likely N-dealkylation sites (tertiary alicyclic amines) is 1. The fraction of sp³-hybridized carbons (Fsp3) is 0.571. The first kappa shape index (κ1) is 19.1. The Hall–Kier alpha value is -2.25. The minimum Gasteiger partial charge on any atom is -0.392 e. The SMILES string of the molecule is CC[C@@H](C)N1C(=O)[C@@H]2[C@@H]([C@H](C)O)N[C@@]3(C(=O)Nc4c3ccc(C)c4C)[C@@H]2C1=O. The van der Waals surface area contributed by atoms with Crippen LogP contribution < -0.4 is 10.6 Å². The van der Waals surface area contributed by atoms with Crippen molar-refractivity contribution < 1.29 is 19.5 Å². The molecule has 7 heteroatoms. The molecular weight excluding hydrogens is 358 g/mol. The van der Waals surface area contributed by atoms with Crippen molar-refractivity contribution in [1.82, 2.24) is 10.2 Å². The molecule has 0 saturated carbocycles. The lowest BCUT2D eigenvalue weighted by Crippen LogP contribution is -2.55. The van der Waals surface area contributed by atoms with Crippen molar-refractivity contribution in [1.29, 1.82) is 0 Å². The second kappa shape index (κ2) is 6.12. The molecule has 28 heavy (non-hydrogen) atoms. The van der Waals surface area contributed by atoms with Crippen LogP contribution in [0.5, 0.6) is 0 Å². The van der Waals surface area contributed by atoms with Crippen molar-refractivity contribution in [2.45, 2.75) is 64.8 Å². The summed E-state index contributed by atoms with van der Waals surface area (Å²) in [6.07, 6.45) is -0.249. The molecule has 3 N–H and O–H groups in total. The van der Waals surface area contributed by atoms with Crippen molar-refractivity contribution in [3.8, 4) is 0 Å². The number of aryl methyl sites for hydroxylation is 1. The Morgan fingerprint density at radius 1 is 1.18 bits per heavy atom. The Kier molecular flexibility index (Phi) is 4.17. The van der Waals surface area contributed by atoms with E-state index in [1.807, 2.05) is 39.8 Å². The van der Waals surface area contributed by atoms with Crippen LogP contribution in [0.1, 0.15) is 43.9 Å². The van der Waals surface area contributed by atoms with Crippen LogP contribution >= 0.6 is 0 Å². The molecule has 1 aromatic rings. The number of carbonyl (C=O) groups is 3. The molecule has 2 saturated heterocycles. The van der Waals surface area contributed by atoms with E-state index in [9.17, 15) is 19.5 Å². The predicted molar refractivity (Wildman–Crippen MR) is 103 cm³/mol. The van der Waals surface area contributed by atoms with E-state index in [-0.39, 0.29) is 23.8 Å². The lowest BCUT2D eigenvalue weighted by Gasteiger charge is -2.31. The summed E-state index contributed by atoms with van der Waals surface area (Å²) in [6, 6.07) is 2.86. The van der Waals surface area contributed by atoms with Gasteiger partial charge in [0.05, 0.1) is 17.9 Å². The van der Waals surface area contributed by atoms with Crippen molar-refractivity contribution in [2.75, 3.05) is 5.32 Å². The van der Waals surface area contributed by atoms with Gasteiger partial charge in [-0.3, -0.25) is 24.6 Å². The summed E-state index contributed by atoms with van der Waals surface area (Å²) in [5.41, 5.74) is 2.02. The quantitative estimate of drug-likeness (QED) is 0.679. The zero-order chi connectivity index (χ0) is 20.5. The van der Waals surface area contributed by atoms with Gasteiger partial charge in [-0.2, -0.15) is 0 Å². The first-order valence-corrected chi connectivity index (χ1v) is 9.91. The maximum atomic E-state index is 13.4. The van der Waals surface area contributed by atoms with Crippen LogP contribution in [0, 0.1) is 25.7 Å². The number of carbonyl (C=O) groups excluding carboxylic acids is 3. The van der Waals surface area contributed by atoms with Crippen LogP contribution in [0.4, 0.5) is 5.69 Å². The molecule has 3 aliphatic heterocycles. The van der Waals surface area contributed by atoms with Crippen LogP contribution in [0.25, 0.3) is 0 Å². The van der Waals surface area contributed by atoms with Crippen LogP contribution in [-0.4, -0.2) is 45.9 Å². The molecule has 3 heterocycles. The number of benzene rings is 1. The van der Waals surface area contributed by atoms with Gasteiger partial charge in [0.15, 0.2) is 0 Å². The fourth-order valence-corrected chi connectivity index (χ4v) is 5.10. The Labute approximate surface area is 164 Å². The minimum atomic E-state index is -1.34. The number of fused-ring (bicyclic) bond motifs is 4. The predicted octanol–water partition coefficient (Wildman–Crippen LogP) is 1.20. The number of anilines is 1. The Morgan fingerprint density at radius 2 is 1.86 bits per heavy atom. The van der Waals surface area contributed by atoms with E-state index < -0.39 is 29.5 Å². The Morgan fingerprint density at radius 3 is 2.46 bits per heavy atom. The molecule has 0 bridgehead atoms. The molecule has 3 aliphatic rings. The summed E-state index contributed by atoms with van der Waals surface area (Å²) in [7, 11) is 0. The maximum absolute atomic E-state index is 13.4. The van der Waals surface area contributed by atoms with Crippen molar-refractivity contribution in [2.24, 2.45) is 11.8 Å². The maximum Gasteiger partial charge on any atom is 0.250 e. The number of nitrogens with one attached hydrogen (secondary N) is 2. The monoisotopic (exact) mass is 385 g/mol. The zero-order valence-electron chi connectivity index (χ0n) is 16.9. The highest BCUT2D eigenvalue weighted by molar-refractivity contribution is 6.15. The van der Waals surface area contributed by atoms with Gasteiger partial charge in [-0.15, -0.1) is 0 Å². The Bertz CT molecular complexity index is 896. The van der Waals surface area contributed by atoms with Gasteiger partial charge in [0.25, 0.3) is 0 Å². The van der Waals surface area contributed by atoms with Crippen molar-refractivity contribution >= 4 is 23.4 Å². The molecule has 150 valence electrons. The average Bonchev–Trinajstić information content (AvgIpc) is 3.24. The van der Waals surface area contributed by atoms with Crippen molar-refractivity contribution in [3.63, 3.8) is 0 Å². The third-order valence-electron chi connectivity index (χ3n) is 6.94. The van der Waals surface area contributed by atoms with E-state index in [0.29, 0.717) is 17.7 Å². The van der Waals surface area contributed by atoms with Crippen molar-refractivity contribution in [3.05, 3.63) is 28.8 Å². The number of hydrogen-bond acceptors (Lipinski definition) is 5. The van der Waals surface area contributed by atoms with Gasteiger partial charge in [0.2, 0.25) is 17.7 Å². The molecule has 6 atom stereocenters. The highest BCUT2D eigenvalue weighted by Crippen LogP contribution is 2.54. The van der Waals surface area contributed by atoms with Crippen LogP contribution in [-0.2, 0) is 19.9 Å². The third-order valence-corrected chi connectivity index (χ3v) is 6.94. The van der Waals surface area contributed by atoms with E-state index >= 15 is 0 Å². The lowest BCUT2D eigenvalue weighted by molar-refractivity contribution is -0.145. The number of aliphatic hydroxyl groups is 1. The van der Waals surface area contributed by atoms with Gasteiger partial charge in [-0.1, -0.05) is 19.1 Å². The highest BCUT2D eigenvalue weighted by Gasteiger charge is 2.71. The normalized spacial score (nSPS) is 33.3. The number of aliphatic hydroxyl groups excluding tert-OH is 1. The second-order valence-corrected chi connectivity index (χ2v) is 8.41. The van der Waals surface area contributed by atoms with Gasteiger partial charge >= 0.3 is 0 Å². The van der Waals surface area contributed by atoms with E-state index in [0.717, 1.165) is 11.1 Å². The number of imide groups is 1. The van der Waals surface area contributed by atoms with Gasteiger partial charge in [0, 0.05) is 23.3 Å². The molecule has 7 nitrogen and oxygen atoms in total. The molecule has 0 aliphatic carbocycles. The van der Waals surface area contributed by atoms with E-state index in [4.69, 9.17) is 0 Å². The molecule has 1 spiro atoms. The van der Waals surface area contributed by atoms with Gasteiger partial charge in [0.1, 0.15) is 5.54 Å². The highest BCUT2D eigenvalue weighted by atomic mass is 16.3.